The van der Waals surface area contributed by atoms with Crippen LogP contribution in [0.3, 0.4) is 0 Å². The zero-order valence-corrected chi connectivity index (χ0v) is 12.2. The molecule has 19 heavy (non-hydrogen) atoms. The minimum Gasteiger partial charge on any atom is -0.407 e. The molecule has 1 heterocycles. The monoisotopic (exact) mass is 268 g/mol. The van der Waals surface area contributed by atoms with Crippen LogP contribution in [0.4, 0.5) is 6.01 Å². The molecule has 1 saturated carbocycles. The zero-order valence-electron chi connectivity index (χ0n) is 12.2. The van der Waals surface area contributed by atoms with Crippen molar-refractivity contribution < 1.29 is 9.15 Å². The van der Waals surface area contributed by atoms with Crippen molar-refractivity contribution in [3.63, 3.8) is 0 Å². The van der Waals surface area contributed by atoms with E-state index in [1.54, 1.807) is 7.11 Å². The molecule has 0 amide bonds. The molecule has 0 spiro atoms. The Balaban J connectivity index is 1.87. The zero-order chi connectivity index (χ0) is 13.9. The third-order valence-electron chi connectivity index (χ3n) is 3.30. The number of hydrogen-bond donors (Lipinski definition) is 2. The number of aromatic nitrogens is 2. The topological polar surface area (TPSA) is 72.2 Å². The first-order valence-corrected chi connectivity index (χ1v) is 6.85. The normalized spacial score (nSPS) is 23.8. The standard InChI is InChI=1S/C13H24N4O2/c1-13(2,3)14-8-11-16-17-12(19-11)15-9-6-5-7-10(9)18-4/h9-10,14H,5-8H2,1-4H3,(H,15,17). The number of nitrogens with one attached hydrogen (secondary N) is 2. The molecule has 0 saturated heterocycles. The van der Waals surface area contributed by atoms with E-state index in [4.69, 9.17) is 9.15 Å². The van der Waals surface area contributed by atoms with Crippen molar-refractivity contribution >= 4 is 6.01 Å². The van der Waals surface area contributed by atoms with Crippen LogP contribution in [0.25, 0.3) is 0 Å². The van der Waals surface area contributed by atoms with Gasteiger partial charge in [-0.1, -0.05) is 5.10 Å². The van der Waals surface area contributed by atoms with Gasteiger partial charge in [0.25, 0.3) is 0 Å². The minimum absolute atomic E-state index is 0.0364. The van der Waals surface area contributed by atoms with Crippen molar-refractivity contribution in [2.75, 3.05) is 12.4 Å². The fourth-order valence-electron chi connectivity index (χ4n) is 2.26. The lowest BCUT2D eigenvalue weighted by atomic mass is 10.1. The second-order valence-electron chi connectivity index (χ2n) is 6.06. The summed E-state index contributed by atoms with van der Waals surface area (Å²) >= 11 is 0. The Labute approximate surface area is 114 Å². The van der Waals surface area contributed by atoms with Crippen molar-refractivity contribution in [2.45, 2.75) is 64.3 Å². The maximum absolute atomic E-state index is 5.58. The Morgan fingerprint density at radius 3 is 2.79 bits per heavy atom. The predicted octanol–water partition coefficient (Wildman–Crippen LogP) is 1.94. The highest BCUT2D eigenvalue weighted by atomic mass is 16.5. The molecular formula is C13H24N4O2. The van der Waals surface area contributed by atoms with Gasteiger partial charge in [0.05, 0.1) is 18.7 Å². The summed E-state index contributed by atoms with van der Waals surface area (Å²) < 4.78 is 11.0. The van der Waals surface area contributed by atoms with Crippen LogP contribution in [0.2, 0.25) is 0 Å². The quantitative estimate of drug-likeness (QED) is 0.850. The number of hydrogen-bond acceptors (Lipinski definition) is 6. The number of rotatable bonds is 5. The molecule has 1 aromatic rings. The van der Waals surface area contributed by atoms with Gasteiger partial charge in [0.15, 0.2) is 0 Å². The Morgan fingerprint density at radius 2 is 2.11 bits per heavy atom. The predicted molar refractivity (Wildman–Crippen MR) is 72.9 cm³/mol. The fourth-order valence-corrected chi connectivity index (χ4v) is 2.26. The maximum Gasteiger partial charge on any atom is 0.315 e. The highest BCUT2D eigenvalue weighted by molar-refractivity contribution is 5.21. The Morgan fingerprint density at radius 1 is 1.32 bits per heavy atom. The maximum atomic E-state index is 5.58. The molecule has 1 aromatic heterocycles. The number of anilines is 1. The first-order valence-electron chi connectivity index (χ1n) is 6.85. The largest absolute Gasteiger partial charge is 0.407 e. The highest BCUT2D eigenvalue weighted by Gasteiger charge is 2.28. The van der Waals surface area contributed by atoms with E-state index >= 15 is 0 Å². The number of methoxy groups -OCH3 is 1. The van der Waals surface area contributed by atoms with Gasteiger partial charge >= 0.3 is 6.01 Å². The molecule has 6 nitrogen and oxygen atoms in total. The van der Waals surface area contributed by atoms with Crippen molar-refractivity contribution in [3.8, 4) is 0 Å². The van der Waals surface area contributed by atoms with Gasteiger partial charge in [0.1, 0.15) is 0 Å². The van der Waals surface area contributed by atoms with Gasteiger partial charge in [-0.2, -0.15) is 0 Å². The van der Waals surface area contributed by atoms with E-state index in [9.17, 15) is 0 Å². The Hall–Kier alpha value is -1.14. The fraction of sp³-hybridized carbons (Fsp3) is 0.846. The molecule has 0 bridgehead atoms. The third kappa shape index (κ3) is 4.18. The second kappa shape index (κ2) is 5.88. The molecule has 0 aliphatic heterocycles. The third-order valence-corrected chi connectivity index (χ3v) is 3.30. The molecule has 0 radical (unpaired) electrons. The average Bonchev–Trinajstić information content (AvgIpc) is 2.95. The van der Waals surface area contributed by atoms with E-state index in [2.05, 4.69) is 41.6 Å². The van der Waals surface area contributed by atoms with Gasteiger partial charge in [-0.3, -0.25) is 0 Å². The van der Waals surface area contributed by atoms with Crippen LogP contribution >= 0.6 is 0 Å². The van der Waals surface area contributed by atoms with E-state index in [1.807, 2.05) is 0 Å². The molecule has 108 valence electrons. The van der Waals surface area contributed by atoms with Crippen molar-refractivity contribution in [1.82, 2.24) is 15.5 Å². The SMILES string of the molecule is COC1CCCC1Nc1nnc(CNC(C)(C)C)o1. The summed E-state index contributed by atoms with van der Waals surface area (Å²) in [6.07, 6.45) is 3.57. The van der Waals surface area contributed by atoms with Crippen LogP contribution in [0.1, 0.15) is 45.9 Å². The molecule has 1 aliphatic rings. The van der Waals surface area contributed by atoms with E-state index in [0.29, 0.717) is 18.5 Å². The van der Waals surface area contributed by atoms with Gasteiger partial charge in [-0.05, 0) is 40.0 Å². The van der Waals surface area contributed by atoms with Crippen LogP contribution in [0.5, 0.6) is 0 Å². The molecular weight excluding hydrogens is 244 g/mol. The molecule has 6 heteroatoms. The van der Waals surface area contributed by atoms with Crippen molar-refractivity contribution in [1.29, 1.82) is 0 Å². The summed E-state index contributed by atoms with van der Waals surface area (Å²) in [5, 5.41) is 14.6. The lowest BCUT2D eigenvalue weighted by Crippen LogP contribution is -2.35. The summed E-state index contributed by atoms with van der Waals surface area (Å²) in [7, 11) is 1.75. The lowest BCUT2D eigenvalue weighted by molar-refractivity contribution is 0.100. The summed E-state index contributed by atoms with van der Waals surface area (Å²) in [5.74, 6) is 0.601. The Kier molecular flexibility index (Phi) is 4.42. The van der Waals surface area contributed by atoms with Crippen LogP contribution in [0.15, 0.2) is 4.42 Å². The van der Waals surface area contributed by atoms with Crippen molar-refractivity contribution in [3.05, 3.63) is 5.89 Å². The van der Waals surface area contributed by atoms with Crippen LogP contribution in [-0.4, -0.2) is 35.0 Å². The second-order valence-corrected chi connectivity index (χ2v) is 6.06. The molecule has 2 atom stereocenters. The van der Waals surface area contributed by atoms with E-state index < -0.39 is 0 Å². The molecule has 1 fully saturated rings. The molecule has 0 aromatic carbocycles. The van der Waals surface area contributed by atoms with E-state index in [0.717, 1.165) is 12.8 Å². The first kappa shape index (κ1) is 14.3. The van der Waals surface area contributed by atoms with Gasteiger partial charge in [-0.15, -0.1) is 5.10 Å². The number of nitrogens with zero attached hydrogens (tertiary/aromatic N) is 2. The minimum atomic E-state index is 0.0364. The Bertz CT molecular complexity index is 400. The lowest BCUT2D eigenvalue weighted by Gasteiger charge is -2.19. The molecule has 2 unspecified atom stereocenters. The van der Waals surface area contributed by atoms with Crippen LogP contribution in [-0.2, 0) is 11.3 Å². The van der Waals surface area contributed by atoms with E-state index in [1.165, 1.54) is 6.42 Å². The van der Waals surface area contributed by atoms with Gasteiger partial charge in [-0.25, -0.2) is 0 Å². The average molecular weight is 268 g/mol. The summed E-state index contributed by atoms with van der Waals surface area (Å²) in [6, 6.07) is 0.758. The van der Waals surface area contributed by atoms with Gasteiger partial charge < -0.3 is 19.8 Å². The molecule has 2 rings (SSSR count). The summed E-state index contributed by atoms with van der Waals surface area (Å²) in [5.41, 5.74) is 0.0364. The van der Waals surface area contributed by atoms with Crippen LogP contribution in [0, 0.1) is 0 Å². The van der Waals surface area contributed by atoms with Gasteiger partial charge in [0.2, 0.25) is 5.89 Å². The smallest absolute Gasteiger partial charge is 0.315 e. The highest BCUT2D eigenvalue weighted by Crippen LogP contribution is 2.24. The molecule has 1 aliphatic carbocycles. The van der Waals surface area contributed by atoms with Gasteiger partial charge in [0, 0.05) is 12.6 Å². The van der Waals surface area contributed by atoms with E-state index in [-0.39, 0.29) is 17.7 Å². The van der Waals surface area contributed by atoms with Crippen molar-refractivity contribution in [2.24, 2.45) is 0 Å². The molecule has 2 N–H and O–H groups in total. The first-order chi connectivity index (χ1) is 8.98. The summed E-state index contributed by atoms with van der Waals surface area (Å²) in [4.78, 5) is 0. The number of ether oxygens (including phenoxy) is 1. The summed E-state index contributed by atoms with van der Waals surface area (Å²) in [6.45, 7) is 6.88. The van der Waals surface area contributed by atoms with Crippen LogP contribution < -0.4 is 10.6 Å².